The number of benzene rings is 1. The maximum Gasteiger partial charge on any atom is 0.321 e. The first-order chi connectivity index (χ1) is 13.6. The average molecular weight is 444 g/mol. The van der Waals surface area contributed by atoms with Gasteiger partial charge in [-0.1, -0.05) is 29.3 Å². The molecule has 2 aliphatic rings. The molecule has 1 aromatic carbocycles. The quantitative estimate of drug-likeness (QED) is 0.362. The molecule has 2 heterocycles. The van der Waals surface area contributed by atoms with E-state index in [2.05, 4.69) is 0 Å². The zero-order chi connectivity index (χ0) is 21.4. The highest BCUT2D eigenvalue weighted by molar-refractivity contribution is 6.37. The highest BCUT2D eigenvalue weighted by Gasteiger charge is 2.52. The lowest BCUT2D eigenvalue weighted by molar-refractivity contribution is -0.244. The van der Waals surface area contributed by atoms with Gasteiger partial charge in [0.25, 0.3) is 5.91 Å². The Bertz CT molecular complexity index is 863. The van der Waals surface area contributed by atoms with Gasteiger partial charge in [0.2, 0.25) is 0 Å². The van der Waals surface area contributed by atoms with Gasteiger partial charge in [-0.15, -0.1) is 0 Å². The van der Waals surface area contributed by atoms with Crippen LogP contribution in [0.25, 0.3) is 5.57 Å². The summed E-state index contributed by atoms with van der Waals surface area (Å²) in [5.41, 5.74) is -1.30. The number of halogens is 2. The minimum atomic E-state index is -1.08. The molecule has 1 saturated heterocycles. The third kappa shape index (κ3) is 4.02. The van der Waals surface area contributed by atoms with E-state index in [1.165, 1.54) is 6.07 Å². The van der Waals surface area contributed by atoms with E-state index in [0.29, 0.717) is 17.2 Å². The van der Waals surface area contributed by atoms with Crippen molar-refractivity contribution in [3.63, 3.8) is 0 Å². The Labute approximate surface area is 179 Å². The fourth-order valence-electron chi connectivity index (χ4n) is 3.09. The minimum absolute atomic E-state index is 0.125. The van der Waals surface area contributed by atoms with Crippen LogP contribution in [-0.2, 0) is 28.6 Å². The van der Waals surface area contributed by atoms with Crippen molar-refractivity contribution in [1.29, 1.82) is 0 Å². The van der Waals surface area contributed by atoms with E-state index in [1.54, 1.807) is 32.9 Å². The highest BCUT2D eigenvalue weighted by atomic mass is 35.5. The largest absolute Gasteiger partial charge is 0.427 e. The van der Waals surface area contributed by atoms with Crippen molar-refractivity contribution in [2.75, 3.05) is 26.6 Å². The van der Waals surface area contributed by atoms with Crippen LogP contribution in [-0.4, -0.2) is 49.1 Å². The number of hydrogen-bond acceptors (Lipinski definition) is 6. The van der Waals surface area contributed by atoms with Gasteiger partial charge in [0.1, 0.15) is 16.7 Å². The van der Waals surface area contributed by atoms with Crippen LogP contribution >= 0.6 is 23.2 Å². The molecule has 0 bridgehead atoms. The molecule has 9 heteroatoms. The van der Waals surface area contributed by atoms with E-state index in [9.17, 15) is 9.59 Å². The number of amides is 1. The summed E-state index contributed by atoms with van der Waals surface area (Å²) in [4.78, 5) is 31.6. The van der Waals surface area contributed by atoms with Crippen LogP contribution in [0.2, 0.25) is 10.0 Å². The summed E-state index contributed by atoms with van der Waals surface area (Å²) in [6.07, 6.45) is 0. The summed E-state index contributed by atoms with van der Waals surface area (Å²) < 4.78 is 16.1. The highest BCUT2D eigenvalue weighted by Crippen LogP contribution is 2.44. The molecule has 158 valence electrons. The number of carbonyl (C=O) groups is 2. The molecule has 0 saturated carbocycles. The second-order valence-electron chi connectivity index (χ2n) is 7.67. The molecule has 2 aliphatic heterocycles. The van der Waals surface area contributed by atoms with Gasteiger partial charge in [-0.2, -0.15) is 0 Å². The predicted octanol–water partition coefficient (Wildman–Crippen LogP) is 3.83. The third-order valence-electron chi connectivity index (χ3n) is 4.89. The smallest absolute Gasteiger partial charge is 0.321 e. The normalized spacial score (nSPS) is 20.1. The van der Waals surface area contributed by atoms with Crippen LogP contribution in [0.15, 0.2) is 24.0 Å². The van der Waals surface area contributed by atoms with Crippen molar-refractivity contribution >= 4 is 40.7 Å². The monoisotopic (exact) mass is 443 g/mol. The molecule has 1 amide bonds. The maximum atomic E-state index is 13.3. The number of esters is 1. The first-order valence-electron chi connectivity index (χ1n) is 9.17. The molecule has 3 rings (SSSR count). The zero-order valence-corrected chi connectivity index (χ0v) is 18.2. The van der Waals surface area contributed by atoms with E-state index < -0.39 is 22.8 Å². The van der Waals surface area contributed by atoms with Crippen molar-refractivity contribution in [3.8, 4) is 0 Å². The molecule has 0 unspecified atom stereocenters. The summed E-state index contributed by atoms with van der Waals surface area (Å²) in [5, 5.41) is 1.83. The number of hydroxylamine groups is 2. The summed E-state index contributed by atoms with van der Waals surface area (Å²) in [7, 11) is 0. The van der Waals surface area contributed by atoms with Gasteiger partial charge in [0.15, 0.2) is 6.79 Å². The number of nitrogens with zero attached hydrogens (tertiary/aromatic N) is 1. The lowest BCUT2D eigenvalue weighted by Crippen LogP contribution is -2.49. The van der Waals surface area contributed by atoms with E-state index in [-0.39, 0.29) is 36.4 Å². The van der Waals surface area contributed by atoms with Gasteiger partial charge in [-0.25, -0.2) is 9.90 Å². The Balaban J connectivity index is 2.04. The molecule has 7 nitrogen and oxygen atoms in total. The minimum Gasteiger partial charge on any atom is -0.427 e. The Morgan fingerprint density at radius 1 is 1.24 bits per heavy atom. The van der Waals surface area contributed by atoms with Crippen LogP contribution in [0.3, 0.4) is 0 Å². The fourth-order valence-corrected chi connectivity index (χ4v) is 3.59. The molecule has 29 heavy (non-hydrogen) atoms. The van der Waals surface area contributed by atoms with Crippen molar-refractivity contribution < 1.29 is 28.6 Å². The number of carbonyl (C=O) groups excluding carboxylic acids is 2. The topological polar surface area (TPSA) is 74.3 Å². The standard InChI is InChI=1S/C20H23Cl2NO6/c1-5-26-11-28-23-17(24)15(13-7-6-12(21)8-14(13)22)16(19(23,2)3)29-18(25)20(4)9-27-10-20/h6-8H,5,9-11H2,1-4H3. The first kappa shape index (κ1) is 22.1. The van der Waals surface area contributed by atoms with Crippen molar-refractivity contribution in [2.45, 2.75) is 33.2 Å². The predicted molar refractivity (Wildman–Crippen MR) is 107 cm³/mol. The Hall–Kier alpha value is -1.64. The second kappa shape index (κ2) is 8.24. The van der Waals surface area contributed by atoms with Crippen LogP contribution < -0.4 is 0 Å². The molecule has 0 radical (unpaired) electrons. The van der Waals surface area contributed by atoms with E-state index in [4.69, 9.17) is 42.3 Å². The van der Waals surface area contributed by atoms with Crippen LogP contribution in [0.4, 0.5) is 0 Å². The van der Waals surface area contributed by atoms with E-state index >= 15 is 0 Å². The Morgan fingerprint density at radius 2 is 1.93 bits per heavy atom. The third-order valence-corrected chi connectivity index (χ3v) is 5.44. The van der Waals surface area contributed by atoms with Crippen molar-refractivity contribution in [1.82, 2.24) is 5.06 Å². The summed E-state index contributed by atoms with van der Waals surface area (Å²) >= 11 is 12.4. The molecule has 1 aromatic rings. The molecule has 0 aromatic heterocycles. The first-order valence-corrected chi connectivity index (χ1v) is 9.93. The molecule has 0 N–H and O–H groups in total. The zero-order valence-electron chi connectivity index (χ0n) is 16.7. The summed E-state index contributed by atoms with van der Waals surface area (Å²) in [6, 6.07) is 4.75. The molecular weight excluding hydrogens is 421 g/mol. The lowest BCUT2D eigenvalue weighted by atomic mass is 9.88. The van der Waals surface area contributed by atoms with Gasteiger partial charge in [-0.3, -0.25) is 9.59 Å². The van der Waals surface area contributed by atoms with Crippen LogP contribution in [0, 0.1) is 5.41 Å². The number of rotatable bonds is 7. The van der Waals surface area contributed by atoms with Gasteiger partial charge >= 0.3 is 5.97 Å². The fraction of sp³-hybridized carbons (Fsp3) is 0.500. The summed E-state index contributed by atoms with van der Waals surface area (Å²) in [6.45, 7) is 7.81. The molecule has 1 fully saturated rings. The molecular formula is C20H23Cl2NO6. The van der Waals surface area contributed by atoms with Crippen LogP contribution in [0.1, 0.15) is 33.3 Å². The number of ether oxygens (including phenoxy) is 3. The SMILES string of the molecule is CCOCON1C(=O)C(c2ccc(Cl)cc2Cl)=C(OC(=O)C2(C)COC2)C1(C)C. The Morgan fingerprint density at radius 3 is 2.48 bits per heavy atom. The van der Waals surface area contributed by atoms with Gasteiger partial charge in [0, 0.05) is 17.2 Å². The van der Waals surface area contributed by atoms with Gasteiger partial charge in [-0.05, 0) is 39.8 Å². The van der Waals surface area contributed by atoms with Crippen molar-refractivity contribution in [2.24, 2.45) is 5.41 Å². The van der Waals surface area contributed by atoms with E-state index in [1.807, 2.05) is 6.92 Å². The average Bonchev–Trinajstić information content (AvgIpc) is 2.80. The van der Waals surface area contributed by atoms with Gasteiger partial charge in [0.05, 0.1) is 23.8 Å². The van der Waals surface area contributed by atoms with Gasteiger partial charge < -0.3 is 14.2 Å². The van der Waals surface area contributed by atoms with Crippen molar-refractivity contribution in [3.05, 3.63) is 39.6 Å². The Kier molecular flexibility index (Phi) is 6.27. The second-order valence-corrected chi connectivity index (χ2v) is 8.51. The molecule has 0 spiro atoms. The molecule has 0 atom stereocenters. The maximum absolute atomic E-state index is 13.3. The number of hydrogen-bond donors (Lipinski definition) is 0. The summed E-state index contributed by atoms with van der Waals surface area (Å²) in [5.74, 6) is -0.813. The van der Waals surface area contributed by atoms with Crippen LogP contribution in [0.5, 0.6) is 0 Å². The lowest BCUT2D eigenvalue weighted by Gasteiger charge is -2.37. The molecule has 0 aliphatic carbocycles. The van der Waals surface area contributed by atoms with E-state index in [0.717, 1.165) is 5.06 Å².